The summed E-state index contributed by atoms with van der Waals surface area (Å²) < 4.78 is 0. The van der Waals surface area contributed by atoms with Crippen LogP contribution >= 0.6 is 0 Å². The monoisotopic (exact) mass is 790 g/mol. The molecule has 0 heterocycles. The van der Waals surface area contributed by atoms with Crippen molar-refractivity contribution in [2.45, 2.75) is 309 Å². The molecule has 0 spiro atoms. The van der Waals surface area contributed by atoms with Crippen molar-refractivity contribution in [3.8, 4) is 0 Å². The van der Waals surface area contributed by atoms with Gasteiger partial charge < -0.3 is 15.5 Å². The van der Waals surface area contributed by atoms with Gasteiger partial charge in [0.1, 0.15) is 0 Å². The topological polar surface area (TPSA) is 69.6 Å². The number of nitrogens with one attached hydrogen (secondary N) is 1. The van der Waals surface area contributed by atoms with E-state index in [0.29, 0.717) is 12.8 Å². The van der Waals surface area contributed by atoms with Crippen LogP contribution in [0.5, 0.6) is 0 Å². The Morgan fingerprint density at radius 3 is 0.982 bits per heavy atom. The number of carbonyl (C=O) groups excluding carboxylic acids is 1. The van der Waals surface area contributed by atoms with Gasteiger partial charge in [-0.05, 0) is 38.5 Å². The van der Waals surface area contributed by atoms with Crippen molar-refractivity contribution >= 4 is 5.91 Å². The number of carbonyl (C=O) groups is 1. The molecule has 1 amide bonds. The van der Waals surface area contributed by atoms with Crippen LogP contribution in [-0.2, 0) is 4.79 Å². The van der Waals surface area contributed by atoms with Crippen molar-refractivity contribution < 1.29 is 15.0 Å². The van der Waals surface area contributed by atoms with Gasteiger partial charge in [-0.15, -0.1) is 0 Å². The first-order valence-corrected chi connectivity index (χ1v) is 25.9. The highest BCUT2D eigenvalue weighted by atomic mass is 16.3. The van der Waals surface area contributed by atoms with Crippen molar-refractivity contribution in [1.82, 2.24) is 5.32 Å². The minimum Gasteiger partial charge on any atom is -0.394 e. The van der Waals surface area contributed by atoms with Crippen LogP contribution in [0.25, 0.3) is 0 Å². The molecule has 0 bridgehead atoms. The van der Waals surface area contributed by atoms with E-state index in [1.807, 2.05) is 0 Å². The van der Waals surface area contributed by atoms with E-state index in [1.54, 1.807) is 0 Å². The molecule has 0 aromatic carbocycles. The lowest BCUT2D eigenvalue weighted by molar-refractivity contribution is -0.123. The van der Waals surface area contributed by atoms with E-state index in [1.165, 1.54) is 244 Å². The van der Waals surface area contributed by atoms with E-state index < -0.39 is 12.1 Å². The summed E-state index contributed by atoms with van der Waals surface area (Å²) in [6.45, 7) is 4.39. The highest BCUT2D eigenvalue weighted by Crippen LogP contribution is 2.17. The Hall–Kier alpha value is -0.870. The lowest BCUT2D eigenvalue weighted by atomic mass is 10.0. The molecule has 3 N–H and O–H groups in total. The zero-order valence-corrected chi connectivity index (χ0v) is 38.4. The smallest absolute Gasteiger partial charge is 0.220 e. The first kappa shape index (κ1) is 55.1. The number of hydrogen-bond acceptors (Lipinski definition) is 3. The van der Waals surface area contributed by atoms with Crippen molar-refractivity contribution in [2.75, 3.05) is 6.61 Å². The molecule has 4 nitrogen and oxygen atoms in total. The van der Waals surface area contributed by atoms with Crippen molar-refractivity contribution in [3.63, 3.8) is 0 Å². The van der Waals surface area contributed by atoms with Crippen LogP contribution in [0.3, 0.4) is 0 Å². The molecule has 4 heteroatoms. The van der Waals surface area contributed by atoms with Crippen LogP contribution < -0.4 is 5.32 Å². The van der Waals surface area contributed by atoms with Gasteiger partial charge in [-0.25, -0.2) is 0 Å². The zero-order chi connectivity index (χ0) is 40.7. The van der Waals surface area contributed by atoms with E-state index in [0.717, 1.165) is 25.7 Å². The molecule has 0 saturated heterocycles. The van der Waals surface area contributed by atoms with Gasteiger partial charge in [0, 0.05) is 6.42 Å². The summed E-state index contributed by atoms with van der Waals surface area (Å²) in [6.07, 6.45) is 61.8. The number of allylic oxidation sites excluding steroid dienone is 2. The number of aliphatic hydroxyl groups excluding tert-OH is 2. The highest BCUT2D eigenvalue weighted by Gasteiger charge is 2.20. The van der Waals surface area contributed by atoms with Gasteiger partial charge in [-0.2, -0.15) is 0 Å². The van der Waals surface area contributed by atoms with Crippen LogP contribution in [0.2, 0.25) is 0 Å². The van der Waals surface area contributed by atoms with Crippen LogP contribution in [-0.4, -0.2) is 34.9 Å². The third kappa shape index (κ3) is 44.2. The van der Waals surface area contributed by atoms with E-state index >= 15 is 0 Å². The van der Waals surface area contributed by atoms with Crippen LogP contribution in [0.15, 0.2) is 12.2 Å². The molecule has 0 rings (SSSR count). The molecule has 0 fully saturated rings. The van der Waals surface area contributed by atoms with Gasteiger partial charge in [0.15, 0.2) is 0 Å². The fourth-order valence-electron chi connectivity index (χ4n) is 8.30. The fourth-order valence-corrected chi connectivity index (χ4v) is 8.30. The number of unbranched alkanes of at least 4 members (excludes halogenated alkanes) is 39. The summed E-state index contributed by atoms with van der Waals surface area (Å²) in [7, 11) is 0. The molecule has 0 aliphatic carbocycles. The summed E-state index contributed by atoms with van der Waals surface area (Å²) in [5.41, 5.74) is 0. The lowest BCUT2D eigenvalue weighted by Gasteiger charge is -2.22. The average Bonchev–Trinajstić information content (AvgIpc) is 3.20. The quantitative estimate of drug-likeness (QED) is 0.0425. The van der Waals surface area contributed by atoms with Gasteiger partial charge in [-0.1, -0.05) is 264 Å². The molecule has 0 saturated carbocycles. The first-order valence-electron chi connectivity index (χ1n) is 25.9. The summed E-state index contributed by atoms with van der Waals surface area (Å²) >= 11 is 0. The number of amides is 1. The van der Waals surface area contributed by atoms with Gasteiger partial charge >= 0.3 is 0 Å². The molecule has 0 aliphatic rings. The Labute approximate surface area is 352 Å². The Morgan fingerprint density at radius 2 is 0.679 bits per heavy atom. The lowest BCUT2D eigenvalue weighted by Crippen LogP contribution is -2.45. The highest BCUT2D eigenvalue weighted by molar-refractivity contribution is 5.76. The molecule has 0 aromatic heterocycles. The van der Waals surface area contributed by atoms with E-state index in [9.17, 15) is 15.0 Å². The van der Waals surface area contributed by atoms with E-state index in [2.05, 4.69) is 31.3 Å². The van der Waals surface area contributed by atoms with Crippen LogP contribution in [0.4, 0.5) is 0 Å². The summed E-state index contributed by atoms with van der Waals surface area (Å²) in [6, 6.07) is -0.533. The zero-order valence-electron chi connectivity index (χ0n) is 38.4. The predicted octanol–water partition coefficient (Wildman–Crippen LogP) is 16.6. The largest absolute Gasteiger partial charge is 0.394 e. The third-order valence-electron chi connectivity index (χ3n) is 12.3. The van der Waals surface area contributed by atoms with Crippen molar-refractivity contribution in [3.05, 3.63) is 12.2 Å². The minimum absolute atomic E-state index is 0.0269. The maximum Gasteiger partial charge on any atom is 0.220 e. The second-order valence-electron chi connectivity index (χ2n) is 17.9. The number of rotatable bonds is 48. The molecule has 0 aromatic rings. The molecular weight excluding hydrogens is 687 g/mol. The van der Waals surface area contributed by atoms with Gasteiger partial charge in [0.2, 0.25) is 5.91 Å². The SMILES string of the molecule is CCCCCCCCCCCCCC/C=C\CCCCCCCCCCCCCCC(=O)NC(CO)C(O)CCCCCCCCCCCCCCCCCC. The maximum absolute atomic E-state index is 12.5. The van der Waals surface area contributed by atoms with Gasteiger partial charge in [-0.3, -0.25) is 4.79 Å². The fraction of sp³-hybridized carbons (Fsp3) is 0.942. The second-order valence-corrected chi connectivity index (χ2v) is 17.9. The average molecular weight is 790 g/mol. The Kier molecular flexibility index (Phi) is 47.7. The number of aliphatic hydroxyl groups is 2. The molecule has 2 atom stereocenters. The predicted molar refractivity (Wildman–Crippen MR) is 249 cm³/mol. The molecule has 2 unspecified atom stereocenters. The van der Waals surface area contributed by atoms with Gasteiger partial charge in [0.25, 0.3) is 0 Å². The molecule has 334 valence electrons. The number of hydrogen-bond donors (Lipinski definition) is 3. The minimum atomic E-state index is -0.656. The maximum atomic E-state index is 12.5. The van der Waals surface area contributed by atoms with Crippen LogP contribution in [0, 0.1) is 0 Å². The van der Waals surface area contributed by atoms with E-state index in [-0.39, 0.29) is 12.5 Å². The summed E-state index contributed by atoms with van der Waals surface area (Å²) in [5, 5.41) is 23.3. The Bertz CT molecular complexity index is 769. The Balaban J connectivity index is 3.43. The molecule has 0 radical (unpaired) electrons. The molecular formula is C52H103NO3. The molecule has 0 aliphatic heterocycles. The first-order chi connectivity index (χ1) is 27.7. The Morgan fingerprint density at radius 1 is 0.411 bits per heavy atom. The van der Waals surface area contributed by atoms with Gasteiger partial charge in [0.05, 0.1) is 18.8 Å². The van der Waals surface area contributed by atoms with Crippen molar-refractivity contribution in [2.24, 2.45) is 0 Å². The molecule has 56 heavy (non-hydrogen) atoms. The third-order valence-corrected chi connectivity index (χ3v) is 12.3. The summed E-state index contributed by atoms with van der Waals surface area (Å²) in [5.74, 6) is -0.0269. The van der Waals surface area contributed by atoms with E-state index in [4.69, 9.17) is 0 Å². The normalized spacial score (nSPS) is 12.9. The second kappa shape index (κ2) is 48.5. The van der Waals surface area contributed by atoms with Crippen molar-refractivity contribution in [1.29, 1.82) is 0 Å². The van der Waals surface area contributed by atoms with Crippen LogP contribution in [0.1, 0.15) is 296 Å². The summed E-state index contributed by atoms with van der Waals surface area (Å²) in [4.78, 5) is 12.5. The standard InChI is InChI=1S/C52H103NO3/c1-3-5-7-9-11-13-15-17-19-21-22-23-24-25-26-27-28-29-30-31-32-34-36-38-40-42-44-46-48-52(56)53-50(49-54)51(55)47-45-43-41-39-37-35-33-20-18-16-14-12-10-8-6-4-2/h25-26,50-51,54-55H,3-24,27-49H2,1-2H3,(H,53,56)/b26-25-.